The van der Waals surface area contributed by atoms with Crippen LogP contribution in [0.4, 0.5) is 0 Å². The molecule has 0 saturated heterocycles. The van der Waals surface area contributed by atoms with Crippen LogP contribution in [0.2, 0.25) is 18.1 Å². The second-order valence-corrected chi connectivity index (χ2v) is 10.5. The molecule has 0 fully saturated rings. The Bertz CT molecular complexity index is 339. The monoisotopic (exact) mass is 270 g/mol. The largest absolute Gasteiger partial charge is 0.508 e. The maximum absolute atomic E-state index is 8.65. The van der Waals surface area contributed by atoms with Gasteiger partial charge >= 0.3 is 0 Å². The molecule has 0 aliphatic heterocycles. The Labute approximate surface area is 112 Å². The molecule has 0 bridgehead atoms. The smallest absolute Gasteiger partial charge is 0.191 e. The molecule has 0 aliphatic rings. The van der Waals surface area contributed by atoms with Crippen molar-refractivity contribution in [2.75, 3.05) is 6.61 Å². The van der Waals surface area contributed by atoms with Gasteiger partial charge in [-0.15, -0.1) is 0 Å². The molecule has 18 heavy (non-hydrogen) atoms. The van der Waals surface area contributed by atoms with E-state index in [1.54, 1.807) is 6.07 Å². The van der Waals surface area contributed by atoms with E-state index in [0.29, 0.717) is 5.04 Å². The van der Waals surface area contributed by atoms with E-state index in [0.717, 1.165) is 6.61 Å². The summed E-state index contributed by atoms with van der Waals surface area (Å²) in [6.45, 7) is 14.3. The summed E-state index contributed by atoms with van der Waals surface area (Å²) in [6, 6.07) is 5.85. The molecule has 2 N–H and O–H groups in total. The van der Waals surface area contributed by atoms with Gasteiger partial charge in [-0.2, -0.15) is 0 Å². The number of rotatable bonds is 2. The van der Waals surface area contributed by atoms with Gasteiger partial charge in [-0.05, 0) is 37.2 Å². The number of hydrogen-bond acceptors (Lipinski definition) is 3. The minimum Gasteiger partial charge on any atom is -0.508 e. The second kappa shape index (κ2) is 6.80. The fraction of sp³-hybridized carbons (Fsp3) is 0.571. The van der Waals surface area contributed by atoms with Crippen molar-refractivity contribution >= 4 is 8.32 Å². The molecule has 1 aromatic rings. The summed E-state index contributed by atoms with van der Waals surface area (Å²) in [7, 11) is -1.40. The molecule has 0 unspecified atom stereocenters. The van der Waals surface area contributed by atoms with Gasteiger partial charge < -0.3 is 14.6 Å². The first-order valence-electron chi connectivity index (χ1n) is 6.22. The van der Waals surface area contributed by atoms with Crippen molar-refractivity contribution < 1.29 is 14.6 Å². The number of aromatic hydroxyl groups is 2. The number of benzene rings is 1. The molecular weight excluding hydrogens is 244 g/mol. The van der Waals surface area contributed by atoms with Crippen LogP contribution in [-0.2, 0) is 4.43 Å². The predicted molar refractivity (Wildman–Crippen MR) is 78.6 cm³/mol. The van der Waals surface area contributed by atoms with Gasteiger partial charge in [0.25, 0.3) is 0 Å². The fourth-order valence-electron chi connectivity index (χ4n) is 1.07. The van der Waals surface area contributed by atoms with Crippen LogP contribution < -0.4 is 0 Å². The van der Waals surface area contributed by atoms with Crippen LogP contribution >= 0.6 is 0 Å². The Hall–Kier alpha value is -1.00. The normalized spacial score (nSPS) is 11.7. The molecule has 1 aromatic carbocycles. The van der Waals surface area contributed by atoms with Crippen molar-refractivity contribution in [1.29, 1.82) is 0 Å². The molecule has 0 aromatic heterocycles. The molecule has 104 valence electrons. The molecule has 4 heteroatoms. The lowest BCUT2D eigenvalue weighted by atomic mass is 10.2. The molecular formula is C14H26O3Si. The van der Waals surface area contributed by atoms with E-state index in [9.17, 15) is 0 Å². The highest BCUT2D eigenvalue weighted by Crippen LogP contribution is 2.36. The van der Waals surface area contributed by atoms with Gasteiger partial charge in [0.1, 0.15) is 11.5 Å². The second-order valence-electron chi connectivity index (χ2n) is 5.71. The van der Waals surface area contributed by atoms with E-state index in [1.165, 1.54) is 18.2 Å². The van der Waals surface area contributed by atoms with Crippen molar-refractivity contribution in [2.45, 2.75) is 45.8 Å². The molecule has 0 saturated carbocycles. The Morgan fingerprint density at radius 2 is 1.56 bits per heavy atom. The SMILES string of the molecule is CCO[Si](C)(C)C(C)(C)C.Oc1cccc(O)c1. The zero-order valence-electron chi connectivity index (χ0n) is 12.3. The standard InChI is InChI=1S/C8H20OSi.C6H6O2/c1-7-9-10(5,6)8(2,3)4;7-5-2-1-3-6(8)4-5/h7H2,1-6H3;1-4,7-8H. The lowest BCUT2D eigenvalue weighted by Gasteiger charge is -2.35. The van der Waals surface area contributed by atoms with Crippen LogP contribution in [0.3, 0.4) is 0 Å². The molecule has 0 radical (unpaired) electrons. The van der Waals surface area contributed by atoms with E-state index in [1.807, 2.05) is 0 Å². The Kier molecular flexibility index (Phi) is 6.42. The average molecular weight is 270 g/mol. The van der Waals surface area contributed by atoms with Gasteiger partial charge in [0.15, 0.2) is 8.32 Å². The highest BCUT2D eigenvalue weighted by Gasteiger charge is 2.36. The van der Waals surface area contributed by atoms with E-state index in [-0.39, 0.29) is 11.5 Å². The summed E-state index contributed by atoms with van der Waals surface area (Å²) in [5.74, 6) is 0.176. The molecule has 0 heterocycles. The van der Waals surface area contributed by atoms with Crippen molar-refractivity contribution in [3.8, 4) is 11.5 Å². The summed E-state index contributed by atoms with van der Waals surface area (Å²) in [4.78, 5) is 0. The highest BCUT2D eigenvalue weighted by atomic mass is 28.4. The van der Waals surface area contributed by atoms with Gasteiger partial charge in [0.05, 0.1) is 0 Å². The number of phenolic OH excluding ortho intramolecular Hbond substituents is 2. The Balaban J connectivity index is 0.000000327. The third kappa shape index (κ3) is 6.07. The molecule has 0 spiro atoms. The Morgan fingerprint density at radius 1 is 1.11 bits per heavy atom. The van der Waals surface area contributed by atoms with E-state index < -0.39 is 8.32 Å². The van der Waals surface area contributed by atoms with E-state index in [4.69, 9.17) is 14.6 Å². The molecule has 0 aliphatic carbocycles. The van der Waals surface area contributed by atoms with Gasteiger partial charge in [0, 0.05) is 12.7 Å². The van der Waals surface area contributed by atoms with Crippen LogP contribution in [0.15, 0.2) is 24.3 Å². The Morgan fingerprint density at radius 3 is 1.72 bits per heavy atom. The van der Waals surface area contributed by atoms with Crippen LogP contribution in [0.1, 0.15) is 27.7 Å². The first-order chi connectivity index (χ1) is 8.10. The lowest BCUT2D eigenvalue weighted by molar-refractivity contribution is 0.308. The van der Waals surface area contributed by atoms with Crippen molar-refractivity contribution in [2.24, 2.45) is 0 Å². The van der Waals surface area contributed by atoms with Gasteiger partial charge in [-0.1, -0.05) is 26.8 Å². The zero-order chi connectivity index (χ0) is 14.4. The summed E-state index contributed by atoms with van der Waals surface area (Å²) in [5.41, 5.74) is 0. The number of hydrogen-bond donors (Lipinski definition) is 2. The van der Waals surface area contributed by atoms with Gasteiger partial charge in [-0.3, -0.25) is 0 Å². The third-order valence-corrected chi connectivity index (χ3v) is 7.76. The van der Waals surface area contributed by atoms with Gasteiger partial charge in [-0.25, -0.2) is 0 Å². The van der Waals surface area contributed by atoms with Crippen molar-refractivity contribution in [3.63, 3.8) is 0 Å². The zero-order valence-corrected chi connectivity index (χ0v) is 13.3. The van der Waals surface area contributed by atoms with Gasteiger partial charge in [0.2, 0.25) is 0 Å². The lowest BCUT2D eigenvalue weighted by Crippen LogP contribution is -2.40. The van der Waals surface area contributed by atoms with Crippen LogP contribution in [0.25, 0.3) is 0 Å². The fourth-order valence-corrected chi connectivity index (χ4v) is 2.23. The minimum atomic E-state index is -1.40. The average Bonchev–Trinajstić information content (AvgIpc) is 2.15. The first-order valence-corrected chi connectivity index (χ1v) is 9.13. The van der Waals surface area contributed by atoms with Crippen molar-refractivity contribution in [3.05, 3.63) is 24.3 Å². The van der Waals surface area contributed by atoms with E-state index in [2.05, 4.69) is 40.8 Å². The summed E-state index contributed by atoms with van der Waals surface area (Å²) in [6.07, 6.45) is 0. The van der Waals surface area contributed by atoms with E-state index >= 15 is 0 Å². The minimum absolute atomic E-state index is 0.0880. The van der Waals surface area contributed by atoms with Crippen LogP contribution in [-0.4, -0.2) is 25.1 Å². The topological polar surface area (TPSA) is 49.7 Å². The maximum Gasteiger partial charge on any atom is 0.191 e. The quantitative estimate of drug-likeness (QED) is 0.795. The van der Waals surface area contributed by atoms with Crippen LogP contribution in [0, 0.1) is 0 Å². The van der Waals surface area contributed by atoms with Crippen molar-refractivity contribution in [1.82, 2.24) is 0 Å². The third-order valence-electron chi connectivity index (χ3n) is 3.14. The molecule has 0 amide bonds. The maximum atomic E-state index is 8.65. The molecule has 0 atom stereocenters. The molecule has 1 rings (SSSR count). The number of phenols is 2. The molecule has 3 nitrogen and oxygen atoms in total. The van der Waals surface area contributed by atoms with Crippen LogP contribution in [0.5, 0.6) is 11.5 Å². The predicted octanol–water partition coefficient (Wildman–Crippen LogP) is 4.13. The summed E-state index contributed by atoms with van der Waals surface area (Å²) < 4.78 is 5.73. The summed E-state index contributed by atoms with van der Waals surface area (Å²) in [5, 5.41) is 17.7. The highest BCUT2D eigenvalue weighted by molar-refractivity contribution is 6.74. The first kappa shape index (κ1) is 17.0. The summed E-state index contributed by atoms with van der Waals surface area (Å²) >= 11 is 0.